The van der Waals surface area contributed by atoms with Crippen LogP contribution in [0.5, 0.6) is 0 Å². The second-order valence-electron chi connectivity index (χ2n) is 16.1. The molecule has 8 heteroatoms. The first-order chi connectivity index (χ1) is 26.4. The number of hydrogen-bond acceptors (Lipinski definition) is 4. The van der Waals surface area contributed by atoms with Gasteiger partial charge in [-0.05, 0) is 60.4 Å². The highest BCUT2D eigenvalue weighted by Crippen LogP contribution is 2.24. The molecular weight excluding hydrogens is 713 g/mol. The van der Waals surface area contributed by atoms with Crippen molar-refractivity contribution in [2.45, 2.75) is 46.2 Å². The maximum atomic E-state index is 2.39. The van der Waals surface area contributed by atoms with Crippen LogP contribution >= 0.6 is 21.6 Å². The molecule has 0 atom stereocenters. The first-order valence-electron chi connectivity index (χ1n) is 20.3. The van der Waals surface area contributed by atoms with Gasteiger partial charge in [0.25, 0.3) is 0 Å². The molecule has 2 aromatic heterocycles. The Labute approximate surface area is 342 Å². The molecule has 4 aromatic rings. The molecule has 0 bridgehead atoms. The Morgan fingerprint density at radius 2 is 0.818 bits per heavy atom. The van der Waals surface area contributed by atoms with E-state index in [9.17, 15) is 0 Å². The highest BCUT2D eigenvalue weighted by atomic mass is 33.1. The quantitative estimate of drug-likeness (QED) is 0.0305. The predicted molar refractivity (Wildman–Crippen MR) is 244 cm³/mol. The lowest BCUT2D eigenvalue weighted by Gasteiger charge is -2.31. The van der Waals surface area contributed by atoms with Gasteiger partial charge in [0.15, 0.2) is 24.8 Å². The molecule has 0 N–H and O–H groups in total. The SMILES string of the molecule is CC[n+]1ccc(C=Cc2ccc(N(C)CCC[N+](C)(C)CCCSSCC[N+](C)(C)CCCN(C)c3ccc(C=Cc4cc[n+](CC)cc4)cc3)cc2)cc1. The van der Waals surface area contributed by atoms with Crippen molar-refractivity contribution < 1.29 is 18.1 Å². The molecule has 0 amide bonds. The van der Waals surface area contributed by atoms with Crippen LogP contribution < -0.4 is 18.9 Å². The average molecular weight is 783 g/mol. The lowest BCUT2D eigenvalue weighted by Crippen LogP contribution is -2.43. The number of hydrogen-bond donors (Lipinski definition) is 0. The fourth-order valence-corrected chi connectivity index (χ4v) is 8.89. The van der Waals surface area contributed by atoms with E-state index in [0.29, 0.717) is 0 Å². The molecule has 0 saturated carbocycles. The molecule has 0 unspecified atom stereocenters. The molecule has 0 aliphatic carbocycles. The molecule has 55 heavy (non-hydrogen) atoms. The third-order valence-corrected chi connectivity index (χ3v) is 13.0. The number of aromatic nitrogens is 2. The Hall–Kier alpha value is -3.56. The van der Waals surface area contributed by atoms with Crippen molar-refractivity contribution in [2.75, 3.05) is 103 Å². The third kappa shape index (κ3) is 16.6. The zero-order valence-electron chi connectivity index (χ0n) is 35.2. The molecule has 0 fully saturated rings. The number of pyridine rings is 2. The molecule has 0 radical (unpaired) electrons. The summed E-state index contributed by atoms with van der Waals surface area (Å²) in [5, 5.41) is 0. The Morgan fingerprint density at radius 1 is 0.473 bits per heavy atom. The van der Waals surface area contributed by atoms with Crippen molar-refractivity contribution in [3.8, 4) is 0 Å². The van der Waals surface area contributed by atoms with Gasteiger partial charge < -0.3 is 18.8 Å². The van der Waals surface area contributed by atoms with Gasteiger partial charge in [-0.25, -0.2) is 9.13 Å². The minimum absolute atomic E-state index is 0.999. The highest BCUT2D eigenvalue weighted by Gasteiger charge is 2.17. The van der Waals surface area contributed by atoms with Crippen molar-refractivity contribution in [1.82, 2.24) is 0 Å². The summed E-state index contributed by atoms with van der Waals surface area (Å²) in [6.07, 6.45) is 21.0. The van der Waals surface area contributed by atoms with Gasteiger partial charge in [-0.3, -0.25) is 0 Å². The van der Waals surface area contributed by atoms with Crippen molar-refractivity contribution in [3.05, 3.63) is 120 Å². The van der Waals surface area contributed by atoms with Gasteiger partial charge in [-0.2, -0.15) is 0 Å². The Kier molecular flexibility index (Phi) is 18.4. The largest absolute Gasteiger partial charge is 0.374 e. The Morgan fingerprint density at radius 3 is 1.22 bits per heavy atom. The number of quaternary nitrogens is 2. The summed E-state index contributed by atoms with van der Waals surface area (Å²) >= 11 is 0. The van der Waals surface area contributed by atoms with E-state index in [0.717, 1.165) is 35.1 Å². The van der Waals surface area contributed by atoms with Crippen LogP contribution in [-0.2, 0) is 13.1 Å². The van der Waals surface area contributed by atoms with Crippen molar-refractivity contribution >= 4 is 57.3 Å². The second-order valence-corrected chi connectivity index (χ2v) is 18.8. The zero-order chi connectivity index (χ0) is 39.5. The van der Waals surface area contributed by atoms with Gasteiger partial charge in [0.1, 0.15) is 13.1 Å². The standard InChI is InChI=1S/C47H70N6S2/c1-9-50-32-26-44(27-33-50)16-14-42-18-22-46(23-19-42)48(3)30-11-36-52(5,6)38-13-40-54-55-41-39-53(7,8)37-12-31-49(4)47-24-20-43(21-25-47)15-17-45-28-34-51(10-2)35-29-45/h14-29,32-35H,9-13,30-31,36-41H2,1-8H3/q+4. The van der Waals surface area contributed by atoms with E-state index in [2.05, 4.69) is 219 Å². The molecule has 0 spiro atoms. The first-order valence-corrected chi connectivity index (χ1v) is 22.8. The first kappa shape index (κ1) is 44.2. The second kappa shape index (κ2) is 22.9. The van der Waals surface area contributed by atoms with Gasteiger partial charge in [0.2, 0.25) is 0 Å². The van der Waals surface area contributed by atoms with Crippen molar-refractivity contribution in [2.24, 2.45) is 0 Å². The van der Waals surface area contributed by atoms with E-state index in [1.165, 1.54) is 90.6 Å². The van der Waals surface area contributed by atoms with E-state index in [1.54, 1.807) is 0 Å². The number of anilines is 2. The fraction of sp³-hybridized carbons (Fsp3) is 0.447. The van der Waals surface area contributed by atoms with Crippen LogP contribution in [0, 0.1) is 0 Å². The highest BCUT2D eigenvalue weighted by molar-refractivity contribution is 8.76. The van der Waals surface area contributed by atoms with Crippen LogP contribution in [-0.4, -0.2) is 102 Å². The van der Waals surface area contributed by atoms with E-state index in [1.807, 2.05) is 0 Å². The summed E-state index contributed by atoms with van der Waals surface area (Å²) in [7, 11) is 18.1. The molecule has 2 heterocycles. The summed E-state index contributed by atoms with van der Waals surface area (Å²) in [4.78, 5) is 4.78. The van der Waals surface area contributed by atoms with Crippen molar-refractivity contribution in [1.29, 1.82) is 0 Å². The predicted octanol–water partition coefficient (Wildman–Crippen LogP) is 8.92. The summed E-state index contributed by atoms with van der Waals surface area (Å²) in [6, 6.07) is 26.5. The number of benzene rings is 2. The Bertz CT molecular complexity index is 1590. The molecule has 2 aromatic carbocycles. The van der Waals surface area contributed by atoms with Crippen LogP contribution in [0.1, 0.15) is 55.4 Å². The van der Waals surface area contributed by atoms with Crippen molar-refractivity contribution in [3.63, 3.8) is 0 Å². The molecule has 296 valence electrons. The fourth-order valence-electron chi connectivity index (χ4n) is 6.55. The summed E-state index contributed by atoms with van der Waals surface area (Å²) in [6.45, 7) is 13.3. The smallest absolute Gasteiger partial charge is 0.169 e. The lowest BCUT2D eigenvalue weighted by atomic mass is 10.1. The van der Waals surface area contributed by atoms with Gasteiger partial charge in [0.05, 0.1) is 60.1 Å². The molecule has 0 aliphatic heterocycles. The van der Waals surface area contributed by atoms with E-state index in [4.69, 9.17) is 0 Å². The topological polar surface area (TPSA) is 14.2 Å². The molecular formula is C47H70N6S2+4. The van der Waals surface area contributed by atoms with Crippen LogP contribution in [0.2, 0.25) is 0 Å². The van der Waals surface area contributed by atoms with Gasteiger partial charge in [-0.1, -0.05) is 70.2 Å². The maximum absolute atomic E-state index is 2.39. The minimum atomic E-state index is 0.999. The maximum Gasteiger partial charge on any atom is 0.169 e. The minimum Gasteiger partial charge on any atom is -0.374 e. The molecule has 4 rings (SSSR count). The van der Waals surface area contributed by atoms with Crippen LogP contribution in [0.3, 0.4) is 0 Å². The monoisotopic (exact) mass is 783 g/mol. The third-order valence-electron chi connectivity index (χ3n) is 10.5. The van der Waals surface area contributed by atoms with Crippen LogP contribution in [0.25, 0.3) is 24.3 Å². The lowest BCUT2D eigenvalue weighted by molar-refractivity contribution is -0.890. The zero-order valence-corrected chi connectivity index (χ0v) is 36.9. The van der Waals surface area contributed by atoms with E-state index < -0.39 is 0 Å². The van der Waals surface area contributed by atoms with Gasteiger partial charge in [0, 0.05) is 87.8 Å². The van der Waals surface area contributed by atoms with Gasteiger partial charge in [-0.15, -0.1) is 0 Å². The number of rotatable bonds is 24. The van der Waals surface area contributed by atoms with Crippen LogP contribution in [0.4, 0.5) is 11.4 Å². The van der Waals surface area contributed by atoms with E-state index in [-0.39, 0.29) is 0 Å². The van der Waals surface area contributed by atoms with Gasteiger partial charge >= 0.3 is 0 Å². The number of aryl methyl sites for hydroxylation is 2. The molecule has 0 saturated heterocycles. The Balaban J connectivity index is 1.03. The molecule has 6 nitrogen and oxygen atoms in total. The number of nitrogens with zero attached hydrogens (tertiary/aromatic N) is 6. The molecule has 0 aliphatic rings. The summed E-state index contributed by atoms with van der Waals surface area (Å²) in [5.41, 5.74) is 7.49. The summed E-state index contributed by atoms with van der Waals surface area (Å²) < 4.78 is 6.53. The normalized spacial score (nSPS) is 12.2. The van der Waals surface area contributed by atoms with E-state index >= 15 is 0 Å². The average Bonchev–Trinajstić information content (AvgIpc) is 3.19. The summed E-state index contributed by atoms with van der Waals surface area (Å²) in [5.74, 6) is 2.44. The van der Waals surface area contributed by atoms with Crippen LogP contribution in [0.15, 0.2) is 97.6 Å².